The monoisotopic (exact) mass is 348 g/mol. The van der Waals surface area contributed by atoms with Gasteiger partial charge < -0.3 is 14.5 Å². The Balaban J connectivity index is 2.01. The number of nitrogens with zero attached hydrogens (tertiary/aromatic N) is 2. The molecule has 2 aromatic heterocycles. The normalized spacial score (nSPS) is 10.1. The summed E-state index contributed by atoms with van der Waals surface area (Å²) in [5.41, 5.74) is 1.74. The molecule has 2 heterocycles. The zero-order chi connectivity index (χ0) is 17.9. The molecule has 2 aromatic rings. The number of carbonyl (C=O) groups excluding carboxylic acids is 2. The lowest BCUT2D eigenvalue weighted by Crippen LogP contribution is -2.21. The van der Waals surface area contributed by atoms with Crippen LogP contribution in [0.2, 0.25) is 0 Å². The number of esters is 1. The van der Waals surface area contributed by atoms with E-state index in [4.69, 9.17) is 14.4 Å². The fourth-order valence-corrected chi connectivity index (χ4v) is 2.73. The minimum absolute atomic E-state index is 0.0536. The molecule has 0 aliphatic carbocycles. The van der Waals surface area contributed by atoms with Crippen LogP contribution in [0.25, 0.3) is 0 Å². The molecular weight excluding hydrogens is 332 g/mol. The minimum atomic E-state index is -0.645. The Kier molecular flexibility index (Phi) is 5.21. The molecule has 0 saturated carbocycles. The molecule has 126 valence electrons. The van der Waals surface area contributed by atoms with E-state index in [1.54, 1.807) is 27.8 Å². The third-order valence-corrected chi connectivity index (χ3v) is 4.33. The lowest BCUT2D eigenvalue weighted by molar-refractivity contribution is -0.119. The largest absolute Gasteiger partial charge is 0.452 e. The Morgan fingerprint density at radius 3 is 2.71 bits per heavy atom. The van der Waals surface area contributed by atoms with Gasteiger partial charge in [-0.15, -0.1) is 0 Å². The summed E-state index contributed by atoms with van der Waals surface area (Å²) in [5, 5.41) is 15.0. The van der Waals surface area contributed by atoms with Crippen LogP contribution in [0.3, 0.4) is 0 Å². The first-order valence-electron chi connectivity index (χ1n) is 7.00. The first-order chi connectivity index (χ1) is 11.4. The summed E-state index contributed by atoms with van der Waals surface area (Å²) in [6.45, 7) is 4.60. The van der Waals surface area contributed by atoms with Crippen molar-refractivity contribution >= 4 is 34.3 Å². The first-order valence-corrected chi connectivity index (χ1v) is 7.77. The number of hydrogen-bond acceptors (Lipinski definition) is 8. The van der Waals surface area contributed by atoms with Crippen molar-refractivity contribution in [3.8, 4) is 6.07 Å². The number of rotatable bonds is 5. The van der Waals surface area contributed by atoms with Gasteiger partial charge in [0.2, 0.25) is 5.88 Å². The summed E-state index contributed by atoms with van der Waals surface area (Å²) in [5.74, 6) is -0.649. The van der Waals surface area contributed by atoms with Crippen LogP contribution in [0.15, 0.2) is 4.42 Å². The predicted octanol–water partition coefficient (Wildman–Crippen LogP) is 2.37. The van der Waals surface area contributed by atoms with Crippen molar-refractivity contribution in [2.45, 2.75) is 20.8 Å². The Hall–Kier alpha value is -2.86. The van der Waals surface area contributed by atoms with Crippen LogP contribution in [0, 0.1) is 32.1 Å². The van der Waals surface area contributed by atoms with Crippen LogP contribution in [0.5, 0.6) is 0 Å². The van der Waals surface area contributed by atoms with Gasteiger partial charge in [0.25, 0.3) is 5.91 Å². The Morgan fingerprint density at radius 1 is 1.38 bits per heavy atom. The molecule has 0 atom stereocenters. The maximum absolute atomic E-state index is 12.1. The molecular formula is C15H16N4O4S. The molecule has 0 spiro atoms. The van der Waals surface area contributed by atoms with Crippen molar-refractivity contribution in [3.05, 3.63) is 28.1 Å². The quantitative estimate of drug-likeness (QED) is 0.796. The number of amides is 1. The molecule has 0 saturated heterocycles. The highest BCUT2D eigenvalue weighted by molar-refractivity contribution is 7.10. The molecule has 24 heavy (non-hydrogen) atoms. The number of hydrogen-bond donors (Lipinski definition) is 2. The molecule has 2 N–H and O–H groups in total. The average molecular weight is 348 g/mol. The Morgan fingerprint density at radius 2 is 2.08 bits per heavy atom. The third-order valence-electron chi connectivity index (χ3n) is 3.38. The van der Waals surface area contributed by atoms with E-state index in [2.05, 4.69) is 15.0 Å². The highest BCUT2D eigenvalue weighted by Crippen LogP contribution is 2.26. The van der Waals surface area contributed by atoms with Crippen LogP contribution >= 0.6 is 11.5 Å². The lowest BCUT2D eigenvalue weighted by atomic mass is 10.2. The van der Waals surface area contributed by atoms with Crippen LogP contribution in [-0.4, -0.2) is 29.9 Å². The van der Waals surface area contributed by atoms with Crippen LogP contribution in [-0.2, 0) is 9.53 Å². The molecule has 1 amide bonds. The van der Waals surface area contributed by atoms with E-state index in [1.165, 1.54) is 0 Å². The van der Waals surface area contributed by atoms with Crippen LogP contribution in [0.4, 0.5) is 10.9 Å². The minimum Gasteiger partial charge on any atom is -0.452 e. The van der Waals surface area contributed by atoms with Crippen molar-refractivity contribution in [2.75, 3.05) is 24.3 Å². The van der Waals surface area contributed by atoms with Gasteiger partial charge in [0, 0.05) is 12.6 Å². The average Bonchev–Trinajstić information content (AvgIpc) is 3.05. The lowest BCUT2D eigenvalue weighted by Gasteiger charge is -2.06. The molecule has 0 radical (unpaired) electrons. The van der Waals surface area contributed by atoms with Crippen molar-refractivity contribution in [1.82, 2.24) is 4.37 Å². The van der Waals surface area contributed by atoms with Crippen LogP contribution < -0.4 is 10.6 Å². The van der Waals surface area contributed by atoms with Gasteiger partial charge in [0.15, 0.2) is 6.61 Å². The van der Waals surface area contributed by atoms with Crippen LogP contribution in [0.1, 0.15) is 32.9 Å². The molecule has 0 fully saturated rings. The van der Waals surface area contributed by atoms with Gasteiger partial charge in [-0.3, -0.25) is 10.1 Å². The molecule has 0 aliphatic heterocycles. The summed E-state index contributed by atoms with van der Waals surface area (Å²) < 4.78 is 14.4. The fraction of sp³-hybridized carbons (Fsp3) is 0.333. The molecule has 9 heteroatoms. The summed E-state index contributed by atoms with van der Waals surface area (Å²) in [7, 11) is 1.67. The summed E-state index contributed by atoms with van der Waals surface area (Å²) >= 11 is 1.14. The molecule has 8 nitrogen and oxygen atoms in total. The molecule has 2 rings (SSSR count). The number of aryl methyl sites for hydroxylation is 2. The maximum atomic E-state index is 12.1. The summed E-state index contributed by atoms with van der Waals surface area (Å²) in [6, 6.07) is 1.97. The first kappa shape index (κ1) is 17.5. The smallest absolute Gasteiger partial charge is 0.343 e. The topological polar surface area (TPSA) is 117 Å². The highest BCUT2D eigenvalue weighted by Gasteiger charge is 2.21. The van der Waals surface area contributed by atoms with Crippen molar-refractivity contribution in [1.29, 1.82) is 5.26 Å². The van der Waals surface area contributed by atoms with Gasteiger partial charge in [0.05, 0.1) is 5.69 Å². The molecule has 0 bridgehead atoms. The second kappa shape index (κ2) is 7.14. The number of ether oxygens (including phenoxy) is 1. The second-order valence-electron chi connectivity index (χ2n) is 4.95. The maximum Gasteiger partial charge on any atom is 0.343 e. The number of carbonyl (C=O) groups is 2. The van der Waals surface area contributed by atoms with E-state index in [1.807, 2.05) is 6.07 Å². The van der Waals surface area contributed by atoms with E-state index in [0.29, 0.717) is 27.6 Å². The van der Waals surface area contributed by atoms with Crippen molar-refractivity contribution < 1.29 is 18.7 Å². The number of nitriles is 1. The van der Waals surface area contributed by atoms with Gasteiger partial charge >= 0.3 is 5.97 Å². The van der Waals surface area contributed by atoms with E-state index >= 15 is 0 Å². The van der Waals surface area contributed by atoms with Gasteiger partial charge in [-0.05, 0) is 32.3 Å². The standard InChI is InChI=1S/C15H16N4O4S/c1-7-9(3)23-13(10(7)5-16)18-11(20)6-22-15(21)12-8(2)19-24-14(12)17-4/h17H,6H2,1-4H3,(H,18,20). The van der Waals surface area contributed by atoms with Gasteiger partial charge in [-0.2, -0.15) is 9.64 Å². The number of anilines is 2. The zero-order valence-electron chi connectivity index (χ0n) is 13.6. The van der Waals surface area contributed by atoms with Gasteiger partial charge in [-0.1, -0.05) is 0 Å². The number of nitrogens with one attached hydrogen (secondary N) is 2. The van der Waals surface area contributed by atoms with E-state index in [0.717, 1.165) is 11.5 Å². The predicted molar refractivity (Wildman–Crippen MR) is 88.2 cm³/mol. The van der Waals surface area contributed by atoms with E-state index < -0.39 is 18.5 Å². The number of furan rings is 1. The van der Waals surface area contributed by atoms with E-state index in [-0.39, 0.29) is 11.4 Å². The Labute approximate surface area is 142 Å². The number of aromatic nitrogens is 1. The third kappa shape index (κ3) is 3.38. The molecule has 0 unspecified atom stereocenters. The summed E-state index contributed by atoms with van der Waals surface area (Å²) in [6.07, 6.45) is 0. The fourth-order valence-electron chi connectivity index (χ4n) is 2.00. The van der Waals surface area contributed by atoms with E-state index in [9.17, 15) is 9.59 Å². The summed E-state index contributed by atoms with van der Waals surface area (Å²) in [4.78, 5) is 24.0. The second-order valence-corrected chi connectivity index (χ2v) is 5.72. The van der Waals surface area contributed by atoms with Gasteiger partial charge in [0.1, 0.15) is 28.0 Å². The Bertz CT molecular complexity index is 831. The SMILES string of the molecule is CNc1snc(C)c1C(=O)OCC(=O)Nc1oc(C)c(C)c1C#N. The zero-order valence-corrected chi connectivity index (χ0v) is 14.5. The molecule has 0 aromatic carbocycles. The van der Waals surface area contributed by atoms with Gasteiger partial charge in [-0.25, -0.2) is 4.79 Å². The van der Waals surface area contributed by atoms with Crippen molar-refractivity contribution in [3.63, 3.8) is 0 Å². The molecule has 0 aliphatic rings. The highest BCUT2D eigenvalue weighted by atomic mass is 32.1. The van der Waals surface area contributed by atoms with Crippen molar-refractivity contribution in [2.24, 2.45) is 0 Å².